The predicted molar refractivity (Wildman–Crippen MR) is 126 cm³/mol. The maximum atomic E-state index is 13.0. The van der Waals surface area contributed by atoms with Crippen LogP contribution >= 0.6 is 0 Å². The molecule has 3 aromatic rings. The topological polar surface area (TPSA) is 79.4 Å². The molecule has 0 unspecified atom stereocenters. The van der Waals surface area contributed by atoms with Crippen LogP contribution in [0.15, 0.2) is 60.9 Å². The lowest BCUT2D eigenvalue weighted by Gasteiger charge is -2.29. The number of nitrogens with one attached hydrogen (secondary N) is 2. The van der Waals surface area contributed by atoms with Crippen molar-refractivity contribution in [2.45, 2.75) is 31.7 Å². The molecule has 7 nitrogen and oxygen atoms in total. The number of pyridine rings is 2. The second-order valence-corrected chi connectivity index (χ2v) is 8.37. The van der Waals surface area contributed by atoms with Crippen molar-refractivity contribution < 1.29 is 22.7 Å². The molecule has 1 fully saturated rings. The number of carbonyl (C=O) groups is 1. The first-order valence-corrected chi connectivity index (χ1v) is 11.3. The number of hydrogen-bond acceptors (Lipinski definition) is 6. The first-order valence-electron chi connectivity index (χ1n) is 11.3. The van der Waals surface area contributed by atoms with Crippen LogP contribution in [0.4, 0.5) is 24.7 Å². The van der Waals surface area contributed by atoms with Crippen molar-refractivity contribution in [2.75, 3.05) is 30.8 Å². The lowest BCUT2D eigenvalue weighted by atomic mass is 10.1. The van der Waals surface area contributed by atoms with Crippen LogP contribution in [-0.4, -0.2) is 47.0 Å². The van der Waals surface area contributed by atoms with Gasteiger partial charge in [0.1, 0.15) is 11.9 Å². The Morgan fingerprint density at radius 3 is 2.60 bits per heavy atom. The molecule has 0 aliphatic carbocycles. The first-order chi connectivity index (χ1) is 16.8. The summed E-state index contributed by atoms with van der Waals surface area (Å²) in [6.45, 7) is 2.23. The largest absolute Gasteiger partial charge is 0.474 e. The maximum absolute atomic E-state index is 13.0. The van der Waals surface area contributed by atoms with Crippen molar-refractivity contribution in [3.63, 3.8) is 0 Å². The Hall–Kier alpha value is -3.66. The number of anilines is 2. The number of likely N-dealkylation sites (tertiary alicyclic amines) is 1. The Morgan fingerprint density at radius 2 is 1.83 bits per heavy atom. The molecule has 184 valence electrons. The van der Waals surface area contributed by atoms with Crippen LogP contribution in [0.25, 0.3) is 0 Å². The van der Waals surface area contributed by atoms with Gasteiger partial charge in [-0.25, -0.2) is 9.97 Å². The molecule has 1 saturated heterocycles. The molecule has 0 atom stereocenters. The second-order valence-electron chi connectivity index (χ2n) is 8.37. The maximum Gasteiger partial charge on any atom is 0.416 e. The monoisotopic (exact) mass is 485 g/mol. The molecular formula is C25H26F3N5O2. The number of nitrogens with zero attached hydrogens (tertiary/aromatic N) is 3. The summed E-state index contributed by atoms with van der Waals surface area (Å²) in [5.74, 6) is 0.250. The Morgan fingerprint density at radius 1 is 1.09 bits per heavy atom. The van der Waals surface area contributed by atoms with Crippen molar-refractivity contribution in [3.05, 3.63) is 77.6 Å². The van der Waals surface area contributed by atoms with Gasteiger partial charge in [0.2, 0.25) is 5.88 Å². The highest BCUT2D eigenvalue weighted by Gasteiger charge is 2.30. The third kappa shape index (κ3) is 6.48. The standard InChI is InChI=1S/C25H26F3N5O2/c1-33-13-9-20(10-14-33)35-24-17(5-3-12-30-24)16-31-22-21(8-4-11-29-22)23(34)32-19-7-2-6-18(15-19)25(26,27)28/h2-8,11-12,15,20H,9-10,13-14,16H2,1H3,(H,29,31)(H,32,34). The van der Waals surface area contributed by atoms with Gasteiger partial charge < -0.3 is 20.3 Å². The Bertz CT molecular complexity index is 1160. The van der Waals surface area contributed by atoms with Gasteiger partial charge >= 0.3 is 6.18 Å². The molecule has 1 aromatic carbocycles. The van der Waals surface area contributed by atoms with Crippen molar-refractivity contribution >= 4 is 17.4 Å². The number of halogens is 3. The number of amides is 1. The Labute approximate surface area is 201 Å². The molecule has 1 aliphatic rings. The summed E-state index contributed by atoms with van der Waals surface area (Å²) in [4.78, 5) is 23.7. The number of ether oxygens (including phenoxy) is 1. The molecule has 2 N–H and O–H groups in total. The molecule has 1 amide bonds. The zero-order valence-electron chi connectivity index (χ0n) is 19.2. The van der Waals surface area contributed by atoms with Crippen LogP contribution in [0, 0.1) is 0 Å². The summed E-state index contributed by atoms with van der Waals surface area (Å²) >= 11 is 0. The van der Waals surface area contributed by atoms with Gasteiger partial charge in [-0.05, 0) is 56.3 Å². The van der Waals surface area contributed by atoms with Crippen molar-refractivity contribution in [2.24, 2.45) is 0 Å². The molecule has 10 heteroatoms. The number of hydrogen-bond donors (Lipinski definition) is 2. The van der Waals surface area contributed by atoms with Crippen LogP contribution in [0.3, 0.4) is 0 Å². The number of carbonyl (C=O) groups excluding carboxylic acids is 1. The van der Waals surface area contributed by atoms with Crippen molar-refractivity contribution in [1.29, 1.82) is 0 Å². The lowest BCUT2D eigenvalue weighted by Crippen LogP contribution is -2.36. The third-order valence-electron chi connectivity index (χ3n) is 5.74. The Kier molecular flexibility index (Phi) is 7.50. The average molecular weight is 486 g/mol. The van der Waals surface area contributed by atoms with E-state index in [1.54, 1.807) is 24.4 Å². The molecule has 4 rings (SSSR count). The highest BCUT2D eigenvalue weighted by atomic mass is 19.4. The fourth-order valence-corrected chi connectivity index (χ4v) is 3.81. The van der Waals surface area contributed by atoms with Crippen LogP contribution in [-0.2, 0) is 12.7 Å². The predicted octanol–water partition coefficient (Wildman–Crippen LogP) is 4.83. The number of benzene rings is 1. The zero-order valence-corrected chi connectivity index (χ0v) is 19.2. The molecule has 0 radical (unpaired) electrons. The molecule has 0 saturated carbocycles. The van der Waals surface area contributed by atoms with Crippen LogP contribution in [0.5, 0.6) is 5.88 Å². The van der Waals surface area contributed by atoms with Crippen LogP contribution < -0.4 is 15.4 Å². The van der Waals surface area contributed by atoms with Gasteiger partial charge in [0.25, 0.3) is 5.91 Å². The van der Waals surface area contributed by atoms with Gasteiger partial charge in [-0.2, -0.15) is 13.2 Å². The zero-order chi connectivity index (χ0) is 24.8. The van der Waals surface area contributed by atoms with E-state index in [-0.39, 0.29) is 17.4 Å². The van der Waals surface area contributed by atoms with Gasteiger partial charge in [0.15, 0.2) is 0 Å². The van der Waals surface area contributed by atoms with E-state index in [9.17, 15) is 18.0 Å². The number of rotatable bonds is 7. The smallest absolute Gasteiger partial charge is 0.416 e. The molecule has 0 bridgehead atoms. The summed E-state index contributed by atoms with van der Waals surface area (Å²) < 4.78 is 45.2. The van der Waals surface area contributed by atoms with Gasteiger partial charge in [-0.3, -0.25) is 4.79 Å². The third-order valence-corrected chi connectivity index (χ3v) is 5.74. The van der Waals surface area contributed by atoms with Crippen LogP contribution in [0.1, 0.15) is 34.3 Å². The SMILES string of the molecule is CN1CCC(Oc2ncccc2CNc2ncccc2C(=O)Nc2cccc(C(F)(F)F)c2)CC1. The highest BCUT2D eigenvalue weighted by molar-refractivity contribution is 6.07. The molecule has 0 spiro atoms. The summed E-state index contributed by atoms with van der Waals surface area (Å²) in [5.41, 5.74) is 0.210. The highest BCUT2D eigenvalue weighted by Crippen LogP contribution is 2.31. The van der Waals surface area contributed by atoms with Gasteiger partial charge in [0.05, 0.1) is 11.1 Å². The van der Waals surface area contributed by atoms with E-state index in [1.807, 2.05) is 6.07 Å². The fourth-order valence-electron chi connectivity index (χ4n) is 3.81. The normalized spacial score (nSPS) is 15.0. The number of aromatic nitrogens is 2. The Balaban J connectivity index is 1.45. The van der Waals surface area contributed by atoms with E-state index in [0.29, 0.717) is 18.2 Å². The molecular weight excluding hydrogens is 459 g/mol. The summed E-state index contributed by atoms with van der Waals surface area (Å²) in [6.07, 6.45) is 0.618. The van der Waals surface area contributed by atoms with Crippen LogP contribution in [0.2, 0.25) is 0 Å². The van der Waals surface area contributed by atoms with E-state index in [2.05, 4.69) is 32.5 Å². The van der Waals surface area contributed by atoms with E-state index in [4.69, 9.17) is 4.74 Å². The molecule has 2 aromatic heterocycles. The summed E-state index contributed by atoms with van der Waals surface area (Å²) in [7, 11) is 2.08. The van der Waals surface area contributed by atoms with E-state index in [0.717, 1.165) is 43.6 Å². The van der Waals surface area contributed by atoms with Gasteiger partial charge in [-0.1, -0.05) is 12.1 Å². The van der Waals surface area contributed by atoms with E-state index < -0.39 is 17.6 Å². The van der Waals surface area contributed by atoms with Gasteiger partial charge in [0, 0.05) is 43.3 Å². The minimum Gasteiger partial charge on any atom is -0.474 e. The average Bonchev–Trinajstić information content (AvgIpc) is 2.85. The quantitative estimate of drug-likeness (QED) is 0.499. The molecule has 35 heavy (non-hydrogen) atoms. The number of alkyl halides is 3. The number of piperidine rings is 1. The lowest BCUT2D eigenvalue weighted by molar-refractivity contribution is -0.137. The van der Waals surface area contributed by atoms with E-state index in [1.165, 1.54) is 18.3 Å². The summed E-state index contributed by atoms with van der Waals surface area (Å²) in [5, 5.41) is 5.65. The minimum atomic E-state index is -4.50. The molecule has 1 aliphatic heterocycles. The first kappa shape index (κ1) is 24.5. The van der Waals surface area contributed by atoms with Crippen molar-refractivity contribution in [1.82, 2.24) is 14.9 Å². The molecule has 3 heterocycles. The summed E-state index contributed by atoms with van der Waals surface area (Å²) in [6, 6.07) is 11.3. The van der Waals surface area contributed by atoms with E-state index >= 15 is 0 Å². The van der Waals surface area contributed by atoms with Gasteiger partial charge in [-0.15, -0.1) is 0 Å². The second kappa shape index (κ2) is 10.7. The van der Waals surface area contributed by atoms with Crippen molar-refractivity contribution in [3.8, 4) is 5.88 Å². The fraction of sp³-hybridized carbons (Fsp3) is 0.320. The minimum absolute atomic E-state index is 0.0423.